The Kier molecular flexibility index (Phi) is 16.9. The van der Waals surface area contributed by atoms with Gasteiger partial charge in [0.15, 0.2) is 0 Å². The van der Waals surface area contributed by atoms with Crippen molar-refractivity contribution in [1.82, 2.24) is 0 Å². The molecule has 0 saturated carbocycles. The molecule has 4 radical (unpaired) electrons. The summed E-state index contributed by atoms with van der Waals surface area (Å²) in [7, 11) is 0. The summed E-state index contributed by atoms with van der Waals surface area (Å²) in [5.41, 5.74) is -1.02. The Bertz CT molecular complexity index is 1070. The van der Waals surface area contributed by atoms with Crippen LogP contribution in [0.4, 0.5) is 0 Å². The first-order chi connectivity index (χ1) is 16.8. The van der Waals surface area contributed by atoms with Crippen molar-refractivity contribution in [3.8, 4) is 0 Å². The number of rotatable bonds is 6. The van der Waals surface area contributed by atoms with E-state index in [1.807, 2.05) is 0 Å². The molecule has 0 bridgehead atoms. The Balaban J connectivity index is 0. The van der Waals surface area contributed by atoms with Crippen LogP contribution in [0.25, 0.3) is 0 Å². The fraction of sp³-hybridized carbons (Fsp3) is 0. The van der Waals surface area contributed by atoms with Crippen molar-refractivity contribution in [3.63, 3.8) is 0 Å². The SMILES string of the molecule is O=C([O-])c1cccc(C(=O)[O-])c1.O=C([O-])c1cccc(C(=O)[O-])c1.O=C([O-])c1cccc(C(=O)[O-])c1.[Bi+3].[Bi+3]. The normalized spacial score (nSPS) is 8.84. The number of carbonyl (C=O) groups excluding carboxylic acids is 6. The van der Waals surface area contributed by atoms with Crippen LogP contribution in [0, 0.1) is 0 Å². The van der Waals surface area contributed by atoms with Gasteiger partial charge in [0.25, 0.3) is 0 Å². The van der Waals surface area contributed by atoms with Crippen molar-refractivity contribution >= 4 is 88.2 Å². The molecule has 3 aromatic carbocycles. The zero-order valence-electron chi connectivity index (χ0n) is 18.7. The second-order valence-electron chi connectivity index (χ2n) is 6.47. The Morgan fingerprint density at radius 2 is 0.474 bits per heavy atom. The van der Waals surface area contributed by atoms with E-state index in [0.29, 0.717) is 0 Å². The van der Waals surface area contributed by atoms with Crippen LogP contribution >= 0.6 is 0 Å². The smallest absolute Gasteiger partial charge is 0.545 e. The molecule has 0 amide bonds. The molecule has 0 aromatic heterocycles. The maximum absolute atomic E-state index is 10.3. The van der Waals surface area contributed by atoms with Gasteiger partial charge in [-0.2, -0.15) is 0 Å². The molecule has 12 nitrogen and oxygen atoms in total. The molecule has 0 aliphatic rings. The van der Waals surface area contributed by atoms with Gasteiger partial charge in [0.1, 0.15) is 0 Å². The number of hydrogen-bond donors (Lipinski definition) is 0. The summed E-state index contributed by atoms with van der Waals surface area (Å²) in [5, 5.41) is 61.5. The molecule has 0 aliphatic carbocycles. The van der Waals surface area contributed by atoms with Crippen LogP contribution in [0.15, 0.2) is 72.8 Å². The number of carboxylic acid groups (broad SMARTS) is 6. The van der Waals surface area contributed by atoms with E-state index in [1.54, 1.807) is 0 Å². The maximum Gasteiger partial charge on any atom is 3.00 e. The minimum Gasteiger partial charge on any atom is -0.545 e. The van der Waals surface area contributed by atoms with Gasteiger partial charge in [-0.1, -0.05) is 54.6 Å². The van der Waals surface area contributed by atoms with Gasteiger partial charge < -0.3 is 59.4 Å². The summed E-state index contributed by atoms with van der Waals surface area (Å²) in [4.78, 5) is 61.5. The predicted molar refractivity (Wildman–Crippen MR) is 117 cm³/mol. The summed E-state index contributed by atoms with van der Waals surface area (Å²) in [5.74, 6) is -8.43. The zero-order chi connectivity index (χ0) is 27.4. The van der Waals surface area contributed by atoms with Crippen LogP contribution in [-0.2, 0) is 0 Å². The quantitative estimate of drug-likeness (QED) is 0.211. The summed E-state index contributed by atoms with van der Waals surface area (Å²) >= 11 is 0. The van der Waals surface area contributed by atoms with Crippen molar-refractivity contribution in [2.24, 2.45) is 0 Å². The summed E-state index contributed by atoms with van der Waals surface area (Å²) in [6, 6.07) is 14.4. The molecule has 0 spiro atoms. The topological polar surface area (TPSA) is 241 Å². The zero-order valence-corrected chi connectivity index (χ0v) is 25.7. The number of hydrogen-bond acceptors (Lipinski definition) is 12. The summed E-state index contributed by atoms with van der Waals surface area (Å²) in [6.45, 7) is 0. The Morgan fingerprint density at radius 1 is 0.342 bits per heavy atom. The van der Waals surface area contributed by atoms with Crippen molar-refractivity contribution in [3.05, 3.63) is 106 Å². The molecule has 0 atom stereocenters. The molecule has 190 valence electrons. The molecule has 38 heavy (non-hydrogen) atoms. The second-order valence-corrected chi connectivity index (χ2v) is 6.47. The van der Waals surface area contributed by atoms with Crippen LogP contribution in [0.3, 0.4) is 0 Å². The van der Waals surface area contributed by atoms with E-state index in [2.05, 4.69) is 0 Å². The van der Waals surface area contributed by atoms with Crippen LogP contribution in [0.2, 0.25) is 0 Å². The third-order valence-electron chi connectivity index (χ3n) is 4.00. The molecule has 0 fully saturated rings. The summed E-state index contributed by atoms with van der Waals surface area (Å²) in [6.07, 6.45) is 0. The van der Waals surface area contributed by atoms with E-state index >= 15 is 0 Å². The van der Waals surface area contributed by atoms with Gasteiger partial charge in [-0.3, -0.25) is 0 Å². The van der Waals surface area contributed by atoms with Crippen molar-refractivity contribution in [2.45, 2.75) is 0 Å². The van der Waals surface area contributed by atoms with Gasteiger partial charge in [0.05, 0.1) is 35.8 Å². The van der Waals surface area contributed by atoms with Gasteiger partial charge in [-0.05, 0) is 51.6 Å². The van der Waals surface area contributed by atoms with E-state index in [4.69, 9.17) is 0 Å². The van der Waals surface area contributed by atoms with Crippen molar-refractivity contribution in [1.29, 1.82) is 0 Å². The molecule has 3 aromatic rings. The van der Waals surface area contributed by atoms with Crippen LogP contribution in [0.5, 0.6) is 0 Å². The fourth-order valence-electron chi connectivity index (χ4n) is 2.32. The molecule has 0 saturated heterocycles. The number of aromatic carboxylic acids is 6. The predicted octanol–water partition coefficient (Wildman–Crippen LogP) is -5.52. The second kappa shape index (κ2) is 17.7. The molecular formula is C24H12Bi2O12. The molecule has 0 heterocycles. The van der Waals surface area contributed by atoms with Crippen molar-refractivity contribution < 1.29 is 59.4 Å². The Morgan fingerprint density at radius 3 is 0.579 bits per heavy atom. The van der Waals surface area contributed by atoms with Gasteiger partial charge in [-0.25, -0.2) is 0 Å². The molecule has 14 heteroatoms. The van der Waals surface area contributed by atoms with Gasteiger partial charge >= 0.3 is 52.4 Å². The minimum atomic E-state index is -1.40. The number of carbonyl (C=O) groups is 6. The largest absolute Gasteiger partial charge is 3.00 e. The van der Waals surface area contributed by atoms with Crippen LogP contribution in [0.1, 0.15) is 62.1 Å². The van der Waals surface area contributed by atoms with Crippen LogP contribution < -0.4 is 30.6 Å². The molecular weight excluding hydrogens is 898 g/mol. The van der Waals surface area contributed by atoms with Gasteiger partial charge in [0.2, 0.25) is 0 Å². The van der Waals surface area contributed by atoms with E-state index in [0.717, 1.165) is 18.2 Å². The molecule has 0 unspecified atom stereocenters. The first-order valence-corrected chi connectivity index (χ1v) is 9.41. The maximum atomic E-state index is 10.3. The Labute approximate surface area is 252 Å². The van der Waals surface area contributed by atoms with Crippen molar-refractivity contribution in [2.75, 3.05) is 0 Å². The fourth-order valence-corrected chi connectivity index (χ4v) is 2.32. The first-order valence-electron chi connectivity index (χ1n) is 9.41. The molecule has 0 N–H and O–H groups in total. The average molecular weight is 910 g/mol. The third kappa shape index (κ3) is 12.5. The Hall–Kier alpha value is -3.75. The van der Waals surface area contributed by atoms with E-state index in [-0.39, 0.29) is 85.8 Å². The van der Waals surface area contributed by atoms with E-state index in [1.165, 1.54) is 54.6 Å². The monoisotopic (exact) mass is 910 g/mol. The molecule has 3 rings (SSSR count). The standard InChI is InChI=1S/3C8H6O4.2Bi/c3*9-7(10)5-2-1-3-6(4-5)8(11)12;;/h3*1-4H,(H,9,10)(H,11,12);;/q;;;2*+3/p-6. The van der Waals surface area contributed by atoms with Gasteiger partial charge in [-0.15, -0.1) is 0 Å². The third-order valence-corrected chi connectivity index (χ3v) is 4.00. The number of carboxylic acids is 6. The number of benzene rings is 3. The first kappa shape index (κ1) is 36.4. The summed E-state index contributed by atoms with van der Waals surface area (Å²) < 4.78 is 0. The molecule has 0 aliphatic heterocycles. The van der Waals surface area contributed by atoms with Crippen LogP contribution in [-0.4, -0.2) is 88.2 Å². The van der Waals surface area contributed by atoms with E-state index < -0.39 is 35.8 Å². The van der Waals surface area contributed by atoms with E-state index in [9.17, 15) is 59.4 Å². The minimum absolute atomic E-state index is 0. The van der Waals surface area contributed by atoms with Gasteiger partial charge in [0, 0.05) is 0 Å². The average Bonchev–Trinajstić information content (AvgIpc) is 2.85.